The number of ether oxygens (including phenoxy) is 2. The molecule has 152 valence electrons. The van der Waals surface area contributed by atoms with Gasteiger partial charge in [0.2, 0.25) is 5.91 Å². The Morgan fingerprint density at radius 3 is 2.62 bits per heavy atom. The number of rotatable bonds is 8. The van der Waals surface area contributed by atoms with Crippen LogP contribution in [0.4, 0.5) is 10.1 Å². The van der Waals surface area contributed by atoms with Gasteiger partial charge in [-0.25, -0.2) is 9.07 Å². The number of carbonyl (C=O) groups is 1. The van der Waals surface area contributed by atoms with Crippen molar-refractivity contribution < 1.29 is 18.7 Å². The molecular formula is C21H23FN4O3. The predicted octanol–water partition coefficient (Wildman–Crippen LogP) is 3.69. The lowest BCUT2D eigenvalue weighted by atomic mass is 10.2. The predicted molar refractivity (Wildman–Crippen MR) is 108 cm³/mol. The van der Waals surface area contributed by atoms with Crippen LogP contribution in [0.2, 0.25) is 0 Å². The summed E-state index contributed by atoms with van der Waals surface area (Å²) in [6.07, 6.45) is 0. The maximum absolute atomic E-state index is 13.7. The second kappa shape index (κ2) is 9.29. The first-order valence-electron chi connectivity index (χ1n) is 9.21. The molecule has 1 amide bonds. The minimum absolute atomic E-state index is 0.0227. The van der Waals surface area contributed by atoms with Gasteiger partial charge in [0.25, 0.3) is 0 Å². The molecule has 2 aromatic carbocycles. The molecule has 0 saturated heterocycles. The molecule has 7 nitrogen and oxygen atoms in total. The SMILES string of the molecule is COCC(=O)Nc1ccc(-n2nc(OCC(C)C)nc2-c2cccc(F)c2)cc1. The first-order valence-corrected chi connectivity index (χ1v) is 9.21. The quantitative estimate of drug-likeness (QED) is 0.626. The van der Waals surface area contributed by atoms with Crippen molar-refractivity contribution in [2.24, 2.45) is 5.92 Å². The number of nitrogens with zero attached hydrogens (tertiary/aromatic N) is 3. The van der Waals surface area contributed by atoms with Gasteiger partial charge in [0.1, 0.15) is 12.4 Å². The Bertz CT molecular complexity index is 970. The van der Waals surface area contributed by atoms with Crippen LogP contribution in [0.3, 0.4) is 0 Å². The molecule has 1 heterocycles. The van der Waals surface area contributed by atoms with Crippen LogP contribution in [0.25, 0.3) is 17.1 Å². The number of benzene rings is 2. The molecule has 0 saturated carbocycles. The van der Waals surface area contributed by atoms with Crippen molar-refractivity contribution in [1.82, 2.24) is 14.8 Å². The van der Waals surface area contributed by atoms with Gasteiger partial charge < -0.3 is 14.8 Å². The summed E-state index contributed by atoms with van der Waals surface area (Å²) in [6.45, 7) is 4.50. The number of aromatic nitrogens is 3. The van der Waals surface area contributed by atoms with Crippen molar-refractivity contribution in [1.29, 1.82) is 0 Å². The van der Waals surface area contributed by atoms with Gasteiger partial charge in [-0.15, -0.1) is 5.10 Å². The second-order valence-electron chi connectivity index (χ2n) is 6.87. The number of methoxy groups -OCH3 is 1. The van der Waals surface area contributed by atoms with Gasteiger partial charge in [0.15, 0.2) is 5.82 Å². The normalized spacial score (nSPS) is 10.9. The van der Waals surface area contributed by atoms with E-state index in [2.05, 4.69) is 15.4 Å². The summed E-state index contributed by atoms with van der Waals surface area (Å²) in [5.41, 5.74) is 1.90. The first kappa shape index (κ1) is 20.5. The fourth-order valence-corrected chi connectivity index (χ4v) is 2.60. The van der Waals surface area contributed by atoms with Gasteiger partial charge in [0.05, 0.1) is 12.3 Å². The van der Waals surface area contributed by atoms with Crippen LogP contribution in [0.5, 0.6) is 6.01 Å². The zero-order valence-electron chi connectivity index (χ0n) is 16.6. The number of halogens is 1. The Morgan fingerprint density at radius 1 is 1.21 bits per heavy atom. The summed E-state index contributed by atoms with van der Waals surface area (Å²) in [7, 11) is 1.46. The van der Waals surface area contributed by atoms with Crippen LogP contribution < -0.4 is 10.1 Å². The molecule has 1 N–H and O–H groups in total. The fourth-order valence-electron chi connectivity index (χ4n) is 2.60. The highest BCUT2D eigenvalue weighted by atomic mass is 19.1. The Labute approximate surface area is 168 Å². The fraction of sp³-hybridized carbons (Fsp3) is 0.286. The van der Waals surface area contributed by atoms with Crippen LogP contribution in [0.1, 0.15) is 13.8 Å². The van der Waals surface area contributed by atoms with Crippen LogP contribution in [0.15, 0.2) is 48.5 Å². The lowest BCUT2D eigenvalue weighted by molar-refractivity contribution is -0.119. The number of hydrogen-bond acceptors (Lipinski definition) is 5. The van der Waals surface area contributed by atoms with Gasteiger partial charge in [-0.05, 0) is 42.3 Å². The number of hydrogen-bond donors (Lipinski definition) is 1. The van der Waals surface area contributed by atoms with Crippen molar-refractivity contribution in [3.63, 3.8) is 0 Å². The number of nitrogens with one attached hydrogen (secondary N) is 1. The van der Waals surface area contributed by atoms with E-state index in [-0.39, 0.29) is 24.3 Å². The highest BCUT2D eigenvalue weighted by Gasteiger charge is 2.16. The second-order valence-corrected chi connectivity index (χ2v) is 6.87. The van der Waals surface area contributed by atoms with Gasteiger partial charge in [0, 0.05) is 18.4 Å². The third kappa shape index (κ3) is 5.39. The van der Waals surface area contributed by atoms with Gasteiger partial charge in [-0.1, -0.05) is 26.0 Å². The van der Waals surface area contributed by atoms with Crippen LogP contribution in [-0.4, -0.2) is 41.0 Å². The van der Waals surface area contributed by atoms with E-state index in [0.29, 0.717) is 35.3 Å². The summed E-state index contributed by atoms with van der Waals surface area (Å²) >= 11 is 0. The average Bonchev–Trinajstić information content (AvgIpc) is 3.11. The zero-order chi connectivity index (χ0) is 20.8. The van der Waals surface area contributed by atoms with E-state index in [4.69, 9.17) is 9.47 Å². The van der Waals surface area contributed by atoms with E-state index >= 15 is 0 Å². The molecule has 0 spiro atoms. The molecule has 0 unspecified atom stereocenters. The molecule has 3 aromatic rings. The Morgan fingerprint density at radius 2 is 1.97 bits per heavy atom. The van der Waals surface area contributed by atoms with E-state index in [0.717, 1.165) is 0 Å². The van der Waals surface area contributed by atoms with Gasteiger partial charge in [-0.2, -0.15) is 4.98 Å². The summed E-state index contributed by atoms with van der Waals surface area (Å²) in [6, 6.07) is 13.4. The molecule has 0 aliphatic carbocycles. The first-order chi connectivity index (χ1) is 14.0. The summed E-state index contributed by atoms with van der Waals surface area (Å²) in [5.74, 6) is 0.165. The van der Waals surface area contributed by atoms with E-state index in [1.165, 1.54) is 19.2 Å². The molecule has 0 aliphatic rings. The molecule has 1 aromatic heterocycles. The molecule has 0 bridgehead atoms. The Balaban J connectivity index is 1.93. The van der Waals surface area contributed by atoms with Gasteiger partial charge >= 0.3 is 6.01 Å². The number of amides is 1. The molecular weight excluding hydrogens is 375 g/mol. The maximum Gasteiger partial charge on any atom is 0.336 e. The van der Waals surface area contributed by atoms with Crippen molar-refractivity contribution >= 4 is 11.6 Å². The van der Waals surface area contributed by atoms with E-state index in [1.54, 1.807) is 41.1 Å². The number of anilines is 1. The van der Waals surface area contributed by atoms with Gasteiger partial charge in [-0.3, -0.25) is 4.79 Å². The Hall–Kier alpha value is -3.26. The van der Waals surface area contributed by atoms with Crippen LogP contribution >= 0.6 is 0 Å². The van der Waals surface area contributed by atoms with Crippen molar-refractivity contribution in [3.8, 4) is 23.1 Å². The lowest BCUT2D eigenvalue weighted by Crippen LogP contribution is -2.17. The third-order valence-corrected chi connectivity index (χ3v) is 3.89. The summed E-state index contributed by atoms with van der Waals surface area (Å²) < 4.78 is 25.8. The lowest BCUT2D eigenvalue weighted by Gasteiger charge is -2.08. The van der Waals surface area contributed by atoms with E-state index < -0.39 is 0 Å². The largest absolute Gasteiger partial charge is 0.462 e. The Kier molecular flexibility index (Phi) is 6.56. The van der Waals surface area contributed by atoms with Crippen LogP contribution in [-0.2, 0) is 9.53 Å². The standard InChI is InChI=1S/C21H23FN4O3/c1-14(2)12-29-21-24-20(15-5-4-6-16(22)11-15)26(25-21)18-9-7-17(8-10-18)23-19(27)13-28-3/h4-11,14H,12-13H2,1-3H3,(H,23,27). The highest BCUT2D eigenvalue weighted by Crippen LogP contribution is 2.25. The molecule has 0 atom stereocenters. The minimum atomic E-state index is -0.363. The van der Waals surface area contributed by atoms with Crippen molar-refractivity contribution in [2.45, 2.75) is 13.8 Å². The summed E-state index contributed by atoms with van der Waals surface area (Å²) in [4.78, 5) is 16.1. The van der Waals surface area contributed by atoms with E-state index in [1.807, 2.05) is 13.8 Å². The molecule has 3 rings (SSSR count). The number of carbonyl (C=O) groups excluding carboxylic acids is 1. The zero-order valence-corrected chi connectivity index (χ0v) is 16.6. The van der Waals surface area contributed by atoms with Crippen molar-refractivity contribution in [3.05, 3.63) is 54.3 Å². The van der Waals surface area contributed by atoms with E-state index in [9.17, 15) is 9.18 Å². The average molecular weight is 398 g/mol. The molecule has 0 radical (unpaired) electrons. The summed E-state index contributed by atoms with van der Waals surface area (Å²) in [5, 5.41) is 7.16. The topological polar surface area (TPSA) is 78.3 Å². The molecule has 8 heteroatoms. The third-order valence-electron chi connectivity index (χ3n) is 3.89. The monoisotopic (exact) mass is 398 g/mol. The molecule has 29 heavy (non-hydrogen) atoms. The molecule has 0 fully saturated rings. The highest BCUT2D eigenvalue weighted by molar-refractivity contribution is 5.91. The van der Waals surface area contributed by atoms with Crippen molar-refractivity contribution in [2.75, 3.05) is 25.6 Å². The van der Waals surface area contributed by atoms with Crippen LogP contribution in [0, 0.1) is 11.7 Å². The minimum Gasteiger partial charge on any atom is -0.462 e. The smallest absolute Gasteiger partial charge is 0.336 e. The maximum atomic E-state index is 13.7. The molecule has 0 aliphatic heterocycles.